The highest BCUT2D eigenvalue weighted by atomic mass is 35.5. The monoisotopic (exact) mass is 625 g/mol. The summed E-state index contributed by atoms with van der Waals surface area (Å²) in [5.41, 5.74) is 13.6. The van der Waals surface area contributed by atoms with Gasteiger partial charge in [0, 0.05) is 31.2 Å². The lowest BCUT2D eigenvalue weighted by Gasteiger charge is -2.42. The minimum absolute atomic E-state index is 0.0744. The number of hydrogen-bond acceptors (Lipinski definition) is 6. The van der Waals surface area contributed by atoms with E-state index in [1.54, 1.807) is 19.3 Å². The number of H-pyrrole nitrogens is 1. The lowest BCUT2D eigenvalue weighted by molar-refractivity contribution is 0.339. The van der Waals surface area contributed by atoms with Gasteiger partial charge in [-0.2, -0.15) is 0 Å². The Morgan fingerprint density at radius 1 is 1.10 bits per heavy atom. The summed E-state index contributed by atoms with van der Waals surface area (Å²) >= 11 is 23.1. The molecule has 7 nitrogen and oxygen atoms in total. The summed E-state index contributed by atoms with van der Waals surface area (Å²) < 4.78 is 0. The van der Waals surface area contributed by atoms with Crippen LogP contribution >= 0.6 is 46.4 Å². The van der Waals surface area contributed by atoms with Crippen LogP contribution in [0.5, 0.6) is 0 Å². The number of benzene rings is 1. The van der Waals surface area contributed by atoms with E-state index in [2.05, 4.69) is 31.7 Å². The molecule has 0 aliphatic carbocycles. The molecule has 11 heteroatoms. The van der Waals surface area contributed by atoms with E-state index in [9.17, 15) is 0 Å². The second kappa shape index (κ2) is 16.0. The van der Waals surface area contributed by atoms with Crippen LogP contribution in [0.1, 0.15) is 38.2 Å². The second-order valence-electron chi connectivity index (χ2n) is 10.0. The zero-order valence-corrected chi connectivity index (χ0v) is 25.9. The van der Waals surface area contributed by atoms with Crippen LogP contribution in [-0.4, -0.2) is 54.2 Å². The van der Waals surface area contributed by atoms with Gasteiger partial charge in [0.05, 0.1) is 25.5 Å². The number of nitrogens with zero attached hydrogens (tertiary/aromatic N) is 3. The molecule has 0 unspecified atom stereocenters. The van der Waals surface area contributed by atoms with E-state index in [0.717, 1.165) is 55.2 Å². The van der Waals surface area contributed by atoms with E-state index in [-0.39, 0.29) is 5.41 Å². The fourth-order valence-corrected chi connectivity index (χ4v) is 5.38. The molecule has 40 heavy (non-hydrogen) atoms. The molecule has 0 atom stereocenters. The van der Waals surface area contributed by atoms with Gasteiger partial charge in [-0.05, 0) is 81.9 Å². The third kappa shape index (κ3) is 8.58. The van der Waals surface area contributed by atoms with Crippen molar-refractivity contribution >= 4 is 63.3 Å². The van der Waals surface area contributed by atoms with Gasteiger partial charge in [-0.25, -0.2) is 9.97 Å². The van der Waals surface area contributed by atoms with E-state index in [1.165, 1.54) is 31.5 Å². The van der Waals surface area contributed by atoms with Crippen LogP contribution in [0, 0.1) is 5.92 Å². The Hall–Kier alpha value is -1.84. The number of aromatic amines is 1. The maximum absolute atomic E-state index is 6.23. The van der Waals surface area contributed by atoms with Gasteiger partial charge in [-0.15, -0.1) is 0 Å². The van der Waals surface area contributed by atoms with Gasteiger partial charge in [0.1, 0.15) is 17.8 Å². The summed E-state index contributed by atoms with van der Waals surface area (Å²) in [6.45, 7) is 10.8. The number of anilines is 1. The van der Waals surface area contributed by atoms with Gasteiger partial charge in [0.15, 0.2) is 0 Å². The molecule has 0 amide bonds. The van der Waals surface area contributed by atoms with Crippen LogP contribution in [-0.2, 0) is 5.41 Å². The molecule has 2 aliphatic rings. The Kier molecular flexibility index (Phi) is 13.0. The Morgan fingerprint density at radius 2 is 1.80 bits per heavy atom. The highest BCUT2D eigenvalue weighted by Gasteiger charge is 2.36. The van der Waals surface area contributed by atoms with Crippen molar-refractivity contribution in [2.75, 3.05) is 44.2 Å². The summed E-state index contributed by atoms with van der Waals surface area (Å²) in [5.74, 6) is 1.78. The number of aromatic nitrogens is 3. The summed E-state index contributed by atoms with van der Waals surface area (Å²) in [6, 6.07) is 7.89. The molecule has 2 fully saturated rings. The SMILES string of the molecule is C=C(Cl)/C(Cl)=C\C.NCC1(c2ccc(Cl)c(Cl)c2)CCN(c2ncnc3[nH]ccc23)CC1.NCC1CCNCC1. The van der Waals surface area contributed by atoms with Crippen LogP contribution in [0.4, 0.5) is 5.82 Å². The normalized spacial score (nSPS) is 17.5. The third-order valence-corrected chi connectivity index (χ3v) is 9.07. The van der Waals surface area contributed by atoms with Crippen molar-refractivity contribution in [3.8, 4) is 0 Å². The molecule has 4 heterocycles. The molecular formula is C29H39Cl4N7. The van der Waals surface area contributed by atoms with E-state index < -0.39 is 0 Å². The second-order valence-corrected chi connectivity index (χ2v) is 11.7. The largest absolute Gasteiger partial charge is 0.356 e. The Balaban J connectivity index is 0.000000241. The van der Waals surface area contributed by atoms with Gasteiger partial charge >= 0.3 is 0 Å². The molecule has 2 aliphatic heterocycles. The van der Waals surface area contributed by atoms with Crippen LogP contribution in [0.3, 0.4) is 0 Å². The fourth-order valence-electron chi connectivity index (χ4n) is 4.97. The lowest BCUT2D eigenvalue weighted by atomic mass is 9.73. The van der Waals surface area contributed by atoms with Crippen LogP contribution in [0.15, 0.2) is 59.5 Å². The van der Waals surface area contributed by atoms with E-state index >= 15 is 0 Å². The van der Waals surface area contributed by atoms with Crippen molar-refractivity contribution in [2.24, 2.45) is 17.4 Å². The van der Waals surface area contributed by atoms with E-state index in [0.29, 0.717) is 26.7 Å². The molecule has 6 N–H and O–H groups in total. The average Bonchev–Trinajstić information content (AvgIpc) is 3.48. The quantitative estimate of drug-likeness (QED) is 0.238. The first kappa shape index (κ1) is 32.7. The number of allylic oxidation sites excluding steroid dienone is 3. The maximum Gasteiger partial charge on any atom is 0.142 e. The van der Waals surface area contributed by atoms with E-state index in [4.69, 9.17) is 57.9 Å². The van der Waals surface area contributed by atoms with Gasteiger partial charge in [-0.1, -0.05) is 65.1 Å². The van der Waals surface area contributed by atoms with Gasteiger partial charge in [0.2, 0.25) is 0 Å². The smallest absolute Gasteiger partial charge is 0.142 e. The number of halogens is 4. The van der Waals surface area contributed by atoms with Crippen LogP contribution in [0.2, 0.25) is 10.0 Å². The van der Waals surface area contributed by atoms with Crippen molar-refractivity contribution in [2.45, 2.75) is 38.0 Å². The molecule has 218 valence electrons. The molecule has 0 bridgehead atoms. The Bertz CT molecular complexity index is 1260. The molecular weight excluding hydrogens is 588 g/mol. The van der Waals surface area contributed by atoms with Crippen molar-refractivity contribution in [1.29, 1.82) is 0 Å². The Labute approximate surface area is 257 Å². The summed E-state index contributed by atoms with van der Waals surface area (Å²) in [5, 5.41) is 6.41. The minimum atomic E-state index is -0.0744. The fraction of sp³-hybridized carbons (Fsp3) is 0.448. The number of hydrogen-bond donors (Lipinski definition) is 4. The number of piperidine rings is 2. The lowest BCUT2D eigenvalue weighted by Crippen LogP contribution is -2.47. The predicted molar refractivity (Wildman–Crippen MR) is 172 cm³/mol. The highest BCUT2D eigenvalue weighted by Crippen LogP contribution is 2.39. The number of fused-ring (bicyclic) bond motifs is 1. The molecule has 2 saturated heterocycles. The first-order chi connectivity index (χ1) is 19.2. The first-order valence-electron chi connectivity index (χ1n) is 13.5. The highest BCUT2D eigenvalue weighted by molar-refractivity contribution is 6.43. The molecule has 5 rings (SSSR count). The van der Waals surface area contributed by atoms with Crippen molar-refractivity contribution in [3.05, 3.63) is 75.1 Å². The van der Waals surface area contributed by atoms with Gasteiger partial charge in [0.25, 0.3) is 0 Å². The van der Waals surface area contributed by atoms with Crippen LogP contribution in [0.25, 0.3) is 11.0 Å². The molecule has 0 saturated carbocycles. The van der Waals surface area contributed by atoms with E-state index in [1.807, 2.05) is 30.5 Å². The predicted octanol–water partition coefficient (Wildman–Crippen LogP) is 6.59. The van der Waals surface area contributed by atoms with Gasteiger partial charge < -0.3 is 26.7 Å². The number of nitrogens with one attached hydrogen (secondary N) is 2. The standard InChI is InChI=1S/C18H19Cl2N5.C6H14N2.C5H6Cl2/c19-14-2-1-12(9-15(14)20)18(10-21)4-7-25(8-5-18)17-13-3-6-22-16(13)23-11-24-17;7-5-6-1-3-8-4-2-6;1-3-5(7)4(2)6/h1-3,6,9,11H,4-5,7-8,10,21H2,(H,22,23,24);6,8H,1-5,7H2;3H,2H2,1H3/b;;5-3+. The van der Waals surface area contributed by atoms with Crippen molar-refractivity contribution < 1.29 is 0 Å². The summed E-state index contributed by atoms with van der Waals surface area (Å²) in [4.78, 5) is 14.2. The zero-order chi connectivity index (χ0) is 29.1. The van der Waals surface area contributed by atoms with Crippen LogP contribution < -0.4 is 21.7 Å². The molecule has 2 aromatic heterocycles. The molecule has 0 radical (unpaired) electrons. The average molecular weight is 627 g/mol. The number of rotatable bonds is 5. The van der Waals surface area contributed by atoms with Crippen molar-refractivity contribution in [3.63, 3.8) is 0 Å². The molecule has 1 aromatic carbocycles. The van der Waals surface area contributed by atoms with Gasteiger partial charge in [-0.3, -0.25) is 0 Å². The Morgan fingerprint density at radius 3 is 2.33 bits per heavy atom. The molecule has 0 spiro atoms. The summed E-state index contributed by atoms with van der Waals surface area (Å²) in [6.07, 6.45) is 9.63. The minimum Gasteiger partial charge on any atom is -0.356 e. The summed E-state index contributed by atoms with van der Waals surface area (Å²) in [7, 11) is 0. The maximum atomic E-state index is 6.23. The molecule has 3 aromatic rings. The number of nitrogens with two attached hydrogens (primary N) is 2. The topological polar surface area (TPSA) is 109 Å². The first-order valence-corrected chi connectivity index (χ1v) is 15.0. The zero-order valence-electron chi connectivity index (χ0n) is 22.9. The third-order valence-electron chi connectivity index (χ3n) is 7.58. The van der Waals surface area contributed by atoms with Crippen molar-refractivity contribution in [1.82, 2.24) is 20.3 Å².